The van der Waals surface area contributed by atoms with Gasteiger partial charge >= 0.3 is 0 Å². The van der Waals surface area contributed by atoms with Gasteiger partial charge in [0.05, 0.1) is 10.0 Å². The second-order valence-corrected chi connectivity index (χ2v) is 5.24. The summed E-state index contributed by atoms with van der Waals surface area (Å²) in [6, 6.07) is 6.79. The van der Waals surface area contributed by atoms with Crippen molar-refractivity contribution in [3.63, 3.8) is 0 Å². The number of nitrogens with zero attached hydrogens (tertiary/aromatic N) is 1. The highest BCUT2D eigenvalue weighted by molar-refractivity contribution is 6.31. The van der Waals surface area contributed by atoms with Crippen LogP contribution in [0.25, 0.3) is 0 Å². The summed E-state index contributed by atoms with van der Waals surface area (Å²) in [6.45, 7) is 2.75. The Hall–Kier alpha value is -1.16. The number of hydrogen-bond donors (Lipinski definition) is 1. The number of halogens is 3. The average Bonchev–Trinajstić information content (AvgIpc) is 2.44. The van der Waals surface area contributed by atoms with Gasteiger partial charge in [0, 0.05) is 18.4 Å². The van der Waals surface area contributed by atoms with Crippen LogP contribution in [0.4, 0.5) is 4.39 Å². The van der Waals surface area contributed by atoms with Gasteiger partial charge in [-0.3, -0.25) is 4.98 Å². The first-order valence-corrected chi connectivity index (χ1v) is 7.14. The maximum atomic E-state index is 14.0. The van der Waals surface area contributed by atoms with Crippen molar-refractivity contribution < 1.29 is 4.39 Å². The van der Waals surface area contributed by atoms with E-state index in [1.807, 2.05) is 13.0 Å². The molecule has 0 spiro atoms. The lowest BCUT2D eigenvalue weighted by molar-refractivity contribution is 0.528. The Kier molecular flexibility index (Phi) is 5.35. The Labute approximate surface area is 127 Å². The summed E-state index contributed by atoms with van der Waals surface area (Å²) in [5, 5.41) is 4.02. The van der Waals surface area contributed by atoms with Crippen molar-refractivity contribution in [3.8, 4) is 0 Å². The van der Waals surface area contributed by atoms with E-state index in [2.05, 4.69) is 10.3 Å². The second-order valence-electron chi connectivity index (χ2n) is 4.42. The van der Waals surface area contributed by atoms with E-state index in [1.54, 1.807) is 30.6 Å². The van der Waals surface area contributed by atoms with Gasteiger partial charge in [0.25, 0.3) is 0 Å². The fraction of sp³-hybridized carbons (Fsp3) is 0.267. The van der Waals surface area contributed by atoms with E-state index in [0.717, 1.165) is 12.1 Å². The average molecular weight is 313 g/mol. The zero-order chi connectivity index (χ0) is 14.5. The van der Waals surface area contributed by atoms with Crippen LogP contribution < -0.4 is 5.32 Å². The van der Waals surface area contributed by atoms with Gasteiger partial charge in [-0.2, -0.15) is 0 Å². The summed E-state index contributed by atoms with van der Waals surface area (Å²) in [7, 11) is 0. The molecule has 0 aliphatic rings. The van der Waals surface area contributed by atoms with Crippen LogP contribution in [-0.2, 0) is 6.42 Å². The highest BCUT2D eigenvalue weighted by Crippen LogP contribution is 2.27. The Balaban J connectivity index is 2.31. The molecule has 0 fully saturated rings. The summed E-state index contributed by atoms with van der Waals surface area (Å²) in [6.07, 6.45) is 3.75. The maximum absolute atomic E-state index is 14.0. The molecule has 2 rings (SSSR count). The van der Waals surface area contributed by atoms with Crippen molar-refractivity contribution in [2.24, 2.45) is 0 Å². The van der Waals surface area contributed by atoms with Crippen LogP contribution >= 0.6 is 23.2 Å². The summed E-state index contributed by atoms with van der Waals surface area (Å²) in [5.74, 6) is -0.373. The van der Waals surface area contributed by atoms with E-state index >= 15 is 0 Å². The van der Waals surface area contributed by atoms with E-state index in [0.29, 0.717) is 17.0 Å². The molecule has 0 radical (unpaired) electrons. The smallest absolute Gasteiger partial charge is 0.145 e. The first-order chi connectivity index (χ1) is 9.63. The molecule has 0 amide bonds. The molecule has 1 aromatic heterocycles. The number of rotatable bonds is 5. The third kappa shape index (κ3) is 3.48. The molecule has 1 N–H and O–H groups in total. The Morgan fingerprint density at radius 2 is 2.05 bits per heavy atom. The fourth-order valence-corrected chi connectivity index (χ4v) is 2.58. The number of likely N-dealkylation sites (N-methyl/N-ethyl adjacent to an activating group) is 1. The number of benzene rings is 1. The molecule has 106 valence electrons. The molecule has 0 saturated carbocycles. The van der Waals surface area contributed by atoms with Crippen molar-refractivity contribution in [2.75, 3.05) is 6.54 Å². The van der Waals surface area contributed by atoms with Gasteiger partial charge in [0.1, 0.15) is 5.82 Å². The van der Waals surface area contributed by atoms with E-state index in [4.69, 9.17) is 23.2 Å². The minimum Gasteiger partial charge on any atom is -0.310 e. The fourth-order valence-electron chi connectivity index (χ4n) is 2.13. The van der Waals surface area contributed by atoms with Crippen LogP contribution in [-0.4, -0.2) is 11.5 Å². The van der Waals surface area contributed by atoms with Crippen molar-refractivity contribution in [1.82, 2.24) is 10.3 Å². The highest BCUT2D eigenvalue weighted by atomic mass is 35.5. The zero-order valence-electron chi connectivity index (χ0n) is 11.0. The monoisotopic (exact) mass is 312 g/mol. The topological polar surface area (TPSA) is 24.9 Å². The number of pyridine rings is 1. The van der Waals surface area contributed by atoms with Gasteiger partial charge in [-0.1, -0.05) is 42.3 Å². The minimum absolute atomic E-state index is 0.0801. The first-order valence-electron chi connectivity index (χ1n) is 6.39. The summed E-state index contributed by atoms with van der Waals surface area (Å²) >= 11 is 12.0. The highest BCUT2D eigenvalue weighted by Gasteiger charge is 2.17. The molecule has 0 bridgehead atoms. The lowest BCUT2D eigenvalue weighted by Crippen LogP contribution is -2.23. The van der Waals surface area contributed by atoms with Crippen LogP contribution in [0.1, 0.15) is 24.1 Å². The normalized spacial score (nSPS) is 12.4. The number of nitrogens with one attached hydrogen (secondary N) is 1. The van der Waals surface area contributed by atoms with Crippen LogP contribution in [0.2, 0.25) is 10.0 Å². The quantitative estimate of drug-likeness (QED) is 0.884. The molecule has 1 aromatic carbocycles. The second kappa shape index (κ2) is 7.02. The molecule has 0 saturated heterocycles. The van der Waals surface area contributed by atoms with Crippen molar-refractivity contribution in [1.29, 1.82) is 0 Å². The number of aromatic nitrogens is 1. The molecule has 2 nitrogen and oxygen atoms in total. The molecule has 1 atom stereocenters. The number of hydrogen-bond acceptors (Lipinski definition) is 2. The van der Waals surface area contributed by atoms with Crippen molar-refractivity contribution >= 4 is 23.2 Å². The van der Waals surface area contributed by atoms with Gasteiger partial charge in [0.15, 0.2) is 0 Å². The molecule has 2 aromatic rings. The van der Waals surface area contributed by atoms with Crippen LogP contribution in [0.15, 0.2) is 36.7 Å². The van der Waals surface area contributed by atoms with Gasteiger partial charge in [-0.15, -0.1) is 0 Å². The standard InChI is InChI=1S/C15H15Cl2FN2/c1-2-20-14(11-6-7-19-9-13(11)17)8-10-4-3-5-12(16)15(10)18/h3-7,9,14,20H,2,8H2,1H3. The largest absolute Gasteiger partial charge is 0.310 e. The van der Waals surface area contributed by atoms with Gasteiger partial charge in [-0.25, -0.2) is 4.39 Å². The Morgan fingerprint density at radius 1 is 1.25 bits per heavy atom. The lowest BCUT2D eigenvalue weighted by Gasteiger charge is -2.20. The van der Waals surface area contributed by atoms with E-state index in [-0.39, 0.29) is 16.9 Å². The predicted molar refractivity (Wildman–Crippen MR) is 80.8 cm³/mol. The summed E-state index contributed by atoms with van der Waals surface area (Å²) < 4.78 is 14.0. The van der Waals surface area contributed by atoms with Crippen LogP contribution in [0.5, 0.6) is 0 Å². The molecule has 1 unspecified atom stereocenters. The Morgan fingerprint density at radius 3 is 2.75 bits per heavy atom. The SMILES string of the molecule is CCNC(Cc1cccc(Cl)c1F)c1ccncc1Cl. The predicted octanol–water partition coefficient (Wildman–Crippen LogP) is 4.42. The molecule has 0 aliphatic heterocycles. The first kappa shape index (κ1) is 15.2. The van der Waals surface area contributed by atoms with Gasteiger partial charge in [-0.05, 0) is 36.2 Å². The van der Waals surface area contributed by atoms with E-state index in [9.17, 15) is 4.39 Å². The van der Waals surface area contributed by atoms with E-state index in [1.165, 1.54) is 0 Å². The zero-order valence-corrected chi connectivity index (χ0v) is 12.5. The van der Waals surface area contributed by atoms with Crippen molar-refractivity contribution in [2.45, 2.75) is 19.4 Å². The summed E-state index contributed by atoms with van der Waals surface area (Å²) in [4.78, 5) is 3.97. The maximum Gasteiger partial charge on any atom is 0.145 e. The molecule has 1 heterocycles. The lowest BCUT2D eigenvalue weighted by atomic mass is 9.99. The minimum atomic E-state index is -0.373. The summed E-state index contributed by atoms with van der Waals surface area (Å²) in [5.41, 5.74) is 1.47. The Bertz CT molecular complexity index is 590. The molecular formula is C15H15Cl2FN2. The van der Waals surface area contributed by atoms with Crippen LogP contribution in [0, 0.1) is 5.82 Å². The van der Waals surface area contributed by atoms with Gasteiger partial charge < -0.3 is 5.32 Å². The third-order valence-corrected chi connectivity index (χ3v) is 3.69. The van der Waals surface area contributed by atoms with Gasteiger partial charge in [0.2, 0.25) is 0 Å². The molecule has 0 aliphatic carbocycles. The molecule has 5 heteroatoms. The van der Waals surface area contributed by atoms with Crippen molar-refractivity contribution in [3.05, 3.63) is 63.6 Å². The molecule has 20 heavy (non-hydrogen) atoms. The molecular weight excluding hydrogens is 298 g/mol. The van der Waals surface area contributed by atoms with Crippen LogP contribution in [0.3, 0.4) is 0 Å². The van der Waals surface area contributed by atoms with E-state index < -0.39 is 0 Å². The third-order valence-electron chi connectivity index (χ3n) is 3.09.